The molecule has 0 spiro atoms. The molecule has 2 aromatic carbocycles. The molecule has 8 heteroatoms. The molecule has 190 valence electrons. The quantitative estimate of drug-likeness (QED) is 0.391. The molecule has 0 heterocycles. The van der Waals surface area contributed by atoms with E-state index in [1.807, 2.05) is 26.8 Å². The number of carbonyl (C=O) groups is 3. The Balaban J connectivity index is 2.74. The molecule has 0 radical (unpaired) electrons. The molecule has 2 rings (SSSR count). The van der Waals surface area contributed by atoms with Gasteiger partial charge in [0.2, 0.25) is 0 Å². The Bertz CT molecular complexity index is 1090. The van der Waals surface area contributed by atoms with Crippen molar-refractivity contribution in [2.75, 3.05) is 21.3 Å². The molecule has 0 saturated heterocycles. The van der Waals surface area contributed by atoms with E-state index in [-0.39, 0.29) is 35.2 Å². The summed E-state index contributed by atoms with van der Waals surface area (Å²) >= 11 is 0. The van der Waals surface area contributed by atoms with Gasteiger partial charge in [0.05, 0.1) is 21.3 Å². The van der Waals surface area contributed by atoms with E-state index >= 15 is 0 Å². The van der Waals surface area contributed by atoms with Crippen LogP contribution in [0.4, 0.5) is 0 Å². The van der Waals surface area contributed by atoms with Crippen LogP contribution < -0.4 is 14.2 Å². The molecule has 0 aliphatic carbocycles. The highest BCUT2D eigenvalue weighted by atomic mass is 16.5. The molecular weight excluding hydrogens is 452 g/mol. The Morgan fingerprint density at radius 3 is 2.11 bits per heavy atom. The monoisotopic (exact) mass is 486 g/mol. The average Bonchev–Trinajstić information content (AvgIpc) is 2.77. The Morgan fingerprint density at radius 2 is 1.60 bits per heavy atom. The fourth-order valence-electron chi connectivity index (χ4n) is 3.89. The maximum absolute atomic E-state index is 12.9. The standard InChI is InChI=1S/C27H34O8/c1-15(2)11-22(34-18(5)29)20-9-10-21(24(26(20)32-7)27(30)33-8)35-25-19(14-17(4)28)12-16(3)13-23(25)31-6/h9-10,12-13,15,22H,11,14H2,1-8H3/t22-/m0/s1. The highest BCUT2D eigenvalue weighted by Crippen LogP contribution is 2.43. The van der Waals surface area contributed by atoms with Crippen molar-refractivity contribution >= 4 is 17.7 Å². The largest absolute Gasteiger partial charge is 0.495 e. The van der Waals surface area contributed by atoms with Crippen LogP contribution >= 0.6 is 0 Å². The number of aryl methyl sites for hydroxylation is 1. The van der Waals surface area contributed by atoms with Crippen LogP contribution in [0.1, 0.15) is 67.3 Å². The number of benzene rings is 2. The predicted octanol–water partition coefficient (Wildman–Crippen LogP) is 5.37. The fraction of sp³-hybridized carbons (Fsp3) is 0.444. The number of carbonyl (C=O) groups excluding carboxylic acids is 3. The van der Waals surface area contributed by atoms with Crippen LogP contribution in [0.25, 0.3) is 0 Å². The zero-order chi connectivity index (χ0) is 26.3. The first-order chi connectivity index (χ1) is 16.5. The number of ketones is 1. The maximum Gasteiger partial charge on any atom is 0.345 e. The number of hydrogen-bond acceptors (Lipinski definition) is 8. The van der Waals surface area contributed by atoms with Crippen LogP contribution in [0.15, 0.2) is 24.3 Å². The van der Waals surface area contributed by atoms with E-state index in [1.165, 1.54) is 35.2 Å². The van der Waals surface area contributed by atoms with Gasteiger partial charge in [-0.1, -0.05) is 19.9 Å². The zero-order valence-corrected chi connectivity index (χ0v) is 21.6. The number of hydrogen-bond donors (Lipinski definition) is 0. The third kappa shape index (κ3) is 6.97. The third-order valence-electron chi connectivity index (χ3n) is 5.23. The van der Waals surface area contributed by atoms with Crippen molar-refractivity contribution in [1.29, 1.82) is 0 Å². The molecular formula is C27H34O8. The van der Waals surface area contributed by atoms with Gasteiger partial charge in [-0.2, -0.15) is 0 Å². The smallest absolute Gasteiger partial charge is 0.345 e. The second-order valence-electron chi connectivity index (χ2n) is 8.72. The average molecular weight is 487 g/mol. The third-order valence-corrected chi connectivity index (χ3v) is 5.23. The number of ether oxygens (including phenoxy) is 5. The van der Waals surface area contributed by atoms with E-state index in [0.717, 1.165) is 5.56 Å². The molecule has 0 unspecified atom stereocenters. The van der Waals surface area contributed by atoms with Crippen molar-refractivity contribution in [2.45, 2.75) is 53.6 Å². The Hall–Kier alpha value is -3.55. The van der Waals surface area contributed by atoms with Gasteiger partial charge < -0.3 is 23.7 Å². The van der Waals surface area contributed by atoms with E-state index in [4.69, 9.17) is 23.7 Å². The summed E-state index contributed by atoms with van der Waals surface area (Å²) in [5.41, 5.74) is 2.06. The van der Waals surface area contributed by atoms with Gasteiger partial charge in [-0.3, -0.25) is 9.59 Å². The first-order valence-corrected chi connectivity index (χ1v) is 11.3. The molecule has 35 heavy (non-hydrogen) atoms. The Labute approximate surface area is 206 Å². The summed E-state index contributed by atoms with van der Waals surface area (Å²) in [6, 6.07) is 6.91. The normalized spacial score (nSPS) is 11.6. The first-order valence-electron chi connectivity index (χ1n) is 11.3. The highest BCUT2D eigenvalue weighted by Gasteiger charge is 2.29. The number of esters is 2. The summed E-state index contributed by atoms with van der Waals surface area (Å²) in [5, 5.41) is 0. The second-order valence-corrected chi connectivity index (χ2v) is 8.72. The first kappa shape index (κ1) is 27.7. The summed E-state index contributed by atoms with van der Waals surface area (Å²) in [6.07, 6.45) is 0.00627. The predicted molar refractivity (Wildman–Crippen MR) is 130 cm³/mol. The van der Waals surface area contributed by atoms with Gasteiger partial charge in [-0.15, -0.1) is 0 Å². The van der Waals surface area contributed by atoms with Crippen molar-refractivity contribution in [3.8, 4) is 23.0 Å². The van der Waals surface area contributed by atoms with Crippen molar-refractivity contribution in [3.63, 3.8) is 0 Å². The van der Waals surface area contributed by atoms with Gasteiger partial charge in [-0.05, 0) is 49.9 Å². The minimum Gasteiger partial charge on any atom is -0.495 e. The summed E-state index contributed by atoms with van der Waals surface area (Å²) < 4.78 is 28.0. The lowest BCUT2D eigenvalue weighted by Crippen LogP contribution is -2.15. The van der Waals surface area contributed by atoms with Crippen LogP contribution in [0.3, 0.4) is 0 Å². The van der Waals surface area contributed by atoms with E-state index in [0.29, 0.717) is 29.0 Å². The number of methoxy groups -OCH3 is 3. The molecule has 8 nitrogen and oxygen atoms in total. The lowest BCUT2D eigenvalue weighted by atomic mass is 9.96. The molecule has 0 aliphatic rings. The molecule has 1 atom stereocenters. The molecule has 0 aliphatic heterocycles. The van der Waals surface area contributed by atoms with Gasteiger partial charge in [0.1, 0.15) is 28.9 Å². The van der Waals surface area contributed by atoms with E-state index in [2.05, 4.69) is 0 Å². The number of Topliss-reactive ketones (excluding diaryl/α,β-unsaturated/α-hetero) is 1. The molecule has 0 saturated carbocycles. The summed E-state index contributed by atoms with van der Waals surface area (Å²) in [6.45, 7) is 8.71. The van der Waals surface area contributed by atoms with Gasteiger partial charge in [-0.25, -0.2) is 4.79 Å². The van der Waals surface area contributed by atoms with E-state index < -0.39 is 18.0 Å². The Morgan fingerprint density at radius 1 is 0.914 bits per heavy atom. The molecule has 0 aromatic heterocycles. The van der Waals surface area contributed by atoms with Crippen LogP contribution in [0, 0.1) is 12.8 Å². The lowest BCUT2D eigenvalue weighted by Gasteiger charge is -2.24. The van der Waals surface area contributed by atoms with Gasteiger partial charge in [0.25, 0.3) is 0 Å². The van der Waals surface area contributed by atoms with Crippen LogP contribution in [0.5, 0.6) is 23.0 Å². The molecule has 0 bridgehead atoms. The minimum atomic E-state index is -0.691. The van der Waals surface area contributed by atoms with Crippen LogP contribution in [-0.2, 0) is 25.5 Å². The van der Waals surface area contributed by atoms with Crippen LogP contribution in [-0.4, -0.2) is 39.1 Å². The zero-order valence-electron chi connectivity index (χ0n) is 21.6. The molecule has 2 aromatic rings. The summed E-state index contributed by atoms with van der Waals surface area (Å²) in [5.74, 6) is 0.0645. The van der Waals surface area contributed by atoms with Gasteiger partial charge in [0.15, 0.2) is 11.5 Å². The van der Waals surface area contributed by atoms with Gasteiger partial charge >= 0.3 is 11.9 Å². The topological polar surface area (TPSA) is 97.4 Å². The van der Waals surface area contributed by atoms with Crippen LogP contribution in [0.2, 0.25) is 0 Å². The Kier molecular flexibility index (Phi) is 9.68. The number of rotatable bonds is 11. The molecule has 0 N–H and O–H groups in total. The minimum absolute atomic E-state index is 0.0322. The summed E-state index contributed by atoms with van der Waals surface area (Å²) in [7, 11) is 4.17. The fourth-order valence-corrected chi connectivity index (χ4v) is 3.89. The van der Waals surface area contributed by atoms with E-state index in [1.54, 1.807) is 18.2 Å². The van der Waals surface area contributed by atoms with Crippen molar-refractivity contribution < 1.29 is 38.1 Å². The van der Waals surface area contributed by atoms with Crippen molar-refractivity contribution in [1.82, 2.24) is 0 Å². The molecule has 0 fully saturated rings. The van der Waals surface area contributed by atoms with Crippen molar-refractivity contribution in [3.05, 3.63) is 46.5 Å². The van der Waals surface area contributed by atoms with E-state index in [9.17, 15) is 14.4 Å². The SMILES string of the molecule is COC(=O)c1c(Oc2c(CC(C)=O)cc(C)cc2OC)ccc([C@H](CC(C)C)OC(C)=O)c1OC. The lowest BCUT2D eigenvalue weighted by molar-refractivity contribution is -0.147. The highest BCUT2D eigenvalue weighted by molar-refractivity contribution is 5.96. The molecule has 0 amide bonds. The van der Waals surface area contributed by atoms with Gasteiger partial charge in [0, 0.05) is 24.5 Å². The maximum atomic E-state index is 12.9. The van der Waals surface area contributed by atoms with Crippen molar-refractivity contribution in [2.24, 2.45) is 5.92 Å². The summed E-state index contributed by atoms with van der Waals surface area (Å²) in [4.78, 5) is 36.6. The second kappa shape index (κ2) is 12.2.